The monoisotopic (exact) mass is 568 g/mol. The van der Waals surface area contributed by atoms with E-state index in [2.05, 4.69) is 12.5 Å². The summed E-state index contributed by atoms with van der Waals surface area (Å²) < 4.78 is 8.91. The first-order valence-corrected chi connectivity index (χ1v) is 17.9. The summed E-state index contributed by atoms with van der Waals surface area (Å²) in [6, 6.07) is 0. The maximum atomic E-state index is 5.78. The first kappa shape index (κ1) is 26.8. The lowest BCUT2D eigenvalue weighted by Gasteiger charge is -2.04. The molecule has 2 heterocycles. The summed E-state index contributed by atoms with van der Waals surface area (Å²) in [5.74, 6) is 3.97. The third-order valence-corrected chi connectivity index (χ3v) is 15.6. The van der Waals surface area contributed by atoms with Gasteiger partial charge in [-0.25, -0.2) is 0 Å². The van der Waals surface area contributed by atoms with Crippen molar-refractivity contribution < 1.29 is 0 Å². The zero-order valence-corrected chi connectivity index (χ0v) is 24.1. The van der Waals surface area contributed by atoms with Gasteiger partial charge in [-0.2, -0.15) is 0 Å². The van der Waals surface area contributed by atoms with Gasteiger partial charge >= 0.3 is 0 Å². The molecule has 160 valence electrons. The lowest BCUT2D eigenvalue weighted by molar-refractivity contribution is 0.783. The van der Waals surface area contributed by atoms with Crippen LogP contribution in [0.3, 0.4) is 0 Å². The van der Waals surface area contributed by atoms with E-state index in [1.165, 1.54) is 62.6 Å². The first-order chi connectivity index (χ1) is 13.7. The van der Waals surface area contributed by atoms with Crippen LogP contribution in [0.4, 0.5) is 0 Å². The highest BCUT2D eigenvalue weighted by Gasteiger charge is 2.29. The molecule has 0 aromatic carbocycles. The molecular formula is C18H26Cl2S8. The van der Waals surface area contributed by atoms with Gasteiger partial charge in [0.1, 0.15) is 0 Å². The number of thioether (sulfide) groups is 8. The molecule has 0 saturated heterocycles. The van der Waals surface area contributed by atoms with Gasteiger partial charge in [-0.3, -0.25) is 0 Å². The molecule has 2 rings (SSSR count). The molecule has 0 spiro atoms. The number of alkyl halides is 2. The molecule has 28 heavy (non-hydrogen) atoms. The maximum Gasteiger partial charge on any atom is 0.0717 e. The highest BCUT2D eigenvalue weighted by atomic mass is 35.5. The van der Waals surface area contributed by atoms with Crippen LogP contribution in [0.25, 0.3) is 0 Å². The molecule has 2 aliphatic rings. The van der Waals surface area contributed by atoms with Crippen molar-refractivity contribution in [3.63, 3.8) is 0 Å². The van der Waals surface area contributed by atoms with Crippen LogP contribution in [0.5, 0.6) is 0 Å². The highest BCUT2D eigenvalue weighted by Crippen LogP contribution is 2.65. The maximum absolute atomic E-state index is 5.78. The zero-order valence-electron chi connectivity index (χ0n) is 16.1. The van der Waals surface area contributed by atoms with Gasteiger partial charge < -0.3 is 0 Å². The zero-order chi connectivity index (χ0) is 20.2. The number of hydrogen-bond acceptors (Lipinski definition) is 8. The van der Waals surface area contributed by atoms with Crippen LogP contribution in [0, 0.1) is 0 Å². The molecule has 0 unspecified atom stereocenters. The molecule has 0 aromatic heterocycles. The lowest BCUT2D eigenvalue weighted by Crippen LogP contribution is -1.82. The minimum atomic E-state index is 0.788. The van der Waals surface area contributed by atoms with Crippen LogP contribution < -0.4 is 0 Å². The highest BCUT2D eigenvalue weighted by molar-refractivity contribution is 8.45. The molecule has 10 heteroatoms. The van der Waals surface area contributed by atoms with Gasteiger partial charge in [0.15, 0.2) is 0 Å². The lowest BCUT2D eigenvalue weighted by atomic mass is 10.3. The predicted molar refractivity (Wildman–Crippen MR) is 153 cm³/mol. The molecule has 0 radical (unpaired) electrons. The SMILES string of the molecule is CSC1=C(SCCCCCCl)S/C(=C2/SC(SC)=C(SCCCCCCl)S2)S1. The average Bonchev–Trinajstić information content (AvgIpc) is 3.31. The van der Waals surface area contributed by atoms with E-state index in [-0.39, 0.29) is 0 Å². The van der Waals surface area contributed by atoms with Gasteiger partial charge in [0.05, 0.1) is 25.4 Å². The molecule has 0 N–H and O–H groups in total. The Bertz CT molecular complexity index is 538. The quantitative estimate of drug-likeness (QED) is 0.148. The molecule has 2 aliphatic heterocycles. The van der Waals surface area contributed by atoms with Gasteiger partial charge in [-0.1, -0.05) is 59.9 Å². The Hall–Kier alpha value is 2.60. The summed E-state index contributed by atoms with van der Waals surface area (Å²) in [4.78, 5) is 0. The second-order valence-electron chi connectivity index (χ2n) is 5.74. The Morgan fingerprint density at radius 3 is 1.32 bits per heavy atom. The van der Waals surface area contributed by atoms with Crippen molar-refractivity contribution in [3.05, 3.63) is 25.4 Å². The largest absolute Gasteiger partial charge is 0.127 e. The van der Waals surface area contributed by atoms with Crippen LogP contribution in [0.2, 0.25) is 0 Å². The van der Waals surface area contributed by atoms with Crippen molar-refractivity contribution >= 4 is 117 Å². The molecule has 0 aliphatic carbocycles. The average molecular weight is 570 g/mol. The van der Waals surface area contributed by atoms with E-state index < -0.39 is 0 Å². The minimum Gasteiger partial charge on any atom is -0.127 e. The van der Waals surface area contributed by atoms with Crippen molar-refractivity contribution in [2.24, 2.45) is 0 Å². The molecule has 0 bridgehead atoms. The minimum absolute atomic E-state index is 0.788. The summed E-state index contributed by atoms with van der Waals surface area (Å²) in [7, 11) is 0. The Balaban J connectivity index is 1.87. The number of rotatable bonds is 14. The second-order valence-corrected chi connectivity index (χ2v) is 16.0. The van der Waals surface area contributed by atoms with Crippen LogP contribution in [-0.2, 0) is 0 Å². The van der Waals surface area contributed by atoms with Gasteiger partial charge in [0, 0.05) is 11.8 Å². The smallest absolute Gasteiger partial charge is 0.0717 e. The number of hydrogen-bond donors (Lipinski definition) is 0. The summed E-state index contributed by atoms with van der Waals surface area (Å²) in [5.41, 5.74) is 0. The fraction of sp³-hybridized carbons (Fsp3) is 0.667. The normalized spacial score (nSPS) is 20.1. The molecule has 0 amide bonds. The summed E-state index contributed by atoms with van der Waals surface area (Å²) in [5, 5.41) is 0. The van der Waals surface area contributed by atoms with Crippen LogP contribution >= 0.6 is 117 Å². The van der Waals surface area contributed by atoms with E-state index >= 15 is 0 Å². The van der Waals surface area contributed by atoms with E-state index in [0.29, 0.717) is 0 Å². The van der Waals surface area contributed by atoms with Crippen LogP contribution in [0.1, 0.15) is 38.5 Å². The van der Waals surface area contributed by atoms with E-state index in [1.54, 1.807) is 0 Å². The predicted octanol–water partition coefficient (Wildman–Crippen LogP) is 10.3. The second kappa shape index (κ2) is 16.2. The van der Waals surface area contributed by atoms with Crippen molar-refractivity contribution in [1.29, 1.82) is 0 Å². The van der Waals surface area contributed by atoms with Gasteiger partial charge in [-0.05, 0) is 49.7 Å². The first-order valence-electron chi connectivity index (χ1n) is 9.13. The van der Waals surface area contributed by atoms with Crippen molar-refractivity contribution in [2.45, 2.75) is 38.5 Å². The third kappa shape index (κ3) is 9.22. The Kier molecular flexibility index (Phi) is 15.6. The molecule has 0 nitrogen and oxygen atoms in total. The van der Waals surface area contributed by atoms with E-state index in [4.69, 9.17) is 23.2 Å². The standard InChI is InChI=1S/C18H26Cl2S8/c1-21-13-15(23-11-7-3-5-9-19)27-17(25-13)18-26-14(22-2)16(28-18)24-12-8-4-6-10-20/h3-12H2,1-2H3/b18-17-. The molecule has 0 fully saturated rings. The Morgan fingerprint density at radius 2 is 0.964 bits per heavy atom. The van der Waals surface area contributed by atoms with Crippen molar-refractivity contribution in [3.8, 4) is 0 Å². The number of halogens is 2. The van der Waals surface area contributed by atoms with Gasteiger partial charge in [0.25, 0.3) is 0 Å². The summed E-state index contributed by atoms with van der Waals surface area (Å²) >= 11 is 27.3. The molecule has 0 saturated carbocycles. The van der Waals surface area contributed by atoms with Crippen molar-refractivity contribution in [1.82, 2.24) is 0 Å². The van der Waals surface area contributed by atoms with Gasteiger partial charge in [0.2, 0.25) is 0 Å². The summed E-state index contributed by atoms with van der Waals surface area (Å²) in [6.45, 7) is 0. The van der Waals surface area contributed by atoms with E-state index in [1.807, 2.05) is 94.1 Å². The third-order valence-electron chi connectivity index (χ3n) is 3.63. The van der Waals surface area contributed by atoms with E-state index in [9.17, 15) is 0 Å². The molecule has 0 aromatic rings. The van der Waals surface area contributed by atoms with Crippen molar-refractivity contribution in [2.75, 3.05) is 35.8 Å². The van der Waals surface area contributed by atoms with Gasteiger partial charge in [-0.15, -0.1) is 70.2 Å². The number of unbranched alkanes of at least 4 members (excludes halogenated alkanes) is 4. The molecule has 0 atom stereocenters. The fourth-order valence-corrected chi connectivity index (χ4v) is 13.9. The van der Waals surface area contributed by atoms with Crippen LogP contribution in [0.15, 0.2) is 25.4 Å². The Labute approximate surface area is 214 Å². The fourth-order valence-electron chi connectivity index (χ4n) is 2.21. The van der Waals surface area contributed by atoms with E-state index in [0.717, 1.165) is 24.6 Å². The topological polar surface area (TPSA) is 0 Å². The molecular weight excluding hydrogens is 544 g/mol. The van der Waals surface area contributed by atoms with Crippen LogP contribution in [-0.4, -0.2) is 35.8 Å². The Morgan fingerprint density at radius 1 is 0.571 bits per heavy atom. The summed E-state index contributed by atoms with van der Waals surface area (Å²) in [6.07, 6.45) is 11.7.